The molecule has 1 aliphatic heterocycles. The third-order valence-corrected chi connectivity index (χ3v) is 4.12. The lowest BCUT2D eigenvalue weighted by Gasteiger charge is -2.32. The summed E-state index contributed by atoms with van der Waals surface area (Å²) in [6.45, 7) is 14.1. The number of hydrogen-bond donors (Lipinski definition) is 0. The lowest BCUT2D eigenvalue weighted by atomic mass is 9.86. The van der Waals surface area contributed by atoms with E-state index in [1.54, 1.807) is 0 Å². The van der Waals surface area contributed by atoms with Crippen LogP contribution >= 0.6 is 11.3 Å². The van der Waals surface area contributed by atoms with Crippen molar-refractivity contribution in [3.8, 4) is 5.19 Å². The molecular weight excluding hydrogens is 261 g/mol. The number of nitrogens with zero attached hydrogens (tertiary/aromatic N) is 1. The zero-order chi connectivity index (χ0) is 14.5. The highest BCUT2D eigenvalue weighted by Gasteiger charge is 2.52. The Morgan fingerprint density at radius 3 is 2.16 bits per heavy atom. The average molecular weight is 283 g/mol. The molecule has 0 aliphatic carbocycles. The van der Waals surface area contributed by atoms with Crippen LogP contribution in [0.15, 0.2) is 5.38 Å². The van der Waals surface area contributed by atoms with E-state index in [1.807, 2.05) is 53.8 Å². The molecular formula is C13H22BNO3S. The minimum absolute atomic E-state index is 0.245. The Kier molecular flexibility index (Phi) is 3.48. The predicted molar refractivity (Wildman–Crippen MR) is 78.2 cm³/mol. The van der Waals surface area contributed by atoms with Gasteiger partial charge in [-0.2, -0.15) is 0 Å². The van der Waals surface area contributed by atoms with Crippen molar-refractivity contribution in [2.45, 2.75) is 65.3 Å². The minimum Gasteiger partial charge on any atom is -0.464 e. The van der Waals surface area contributed by atoms with Crippen molar-refractivity contribution in [2.75, 3.05) is 0 Å². The third kappa shape index (κ3) is 3.12. The Balaban J connectivity index is 2.13. The molecule has 2 heterocycles. The summed E-state index contributed by atoms with van der Waals surface area (Å²) < 4.78 is 17.7. The third-order valence-electron chi connectivity index (χ3n) is 3.39. The van der Waals surface area contributed by atoms with Crippen LogP contribution < -0.4 is 10.3 Å². The van der Waals surface area contributed by atoms with E-state index in [2.05, 4.69) is 4.98 Å². The quantitative estimate of drug-likeness (QED) is 0.782. The van der Waals surface area contributed by atoms with E-state index < -0.39 is 7.12 Å². The van der Waals surface area contributed by atoms with Gasteiger partial charge in [-0.25, -0.2) is 4.98 Å². The average Bonchev–Trinajstić information content (AvgIpc) is 2.68. The van der Waals surface area contributed by atoms with Crippen molar-refractivity contribution < 1.29 is 14.0 Å². The van der Waals surface area contributed by atoms with Gasteiger partial charge in [0, 0.05) is 5.38 Å². The highest BCUT2D eigenvalue weighted by atomic mass is 32.1. The molecule has 0 radical (unpaired) electrons. The molecule has 6 heteroatoms. The van der Waals surface area contributed by atoms with Crippen LogP contribution in [0.2, 0.25) is 0 Å². The second-order valence-corrected chi connectivity index (χ2v) is 7.66. The van der Waals surface area contributed by atoms with Crippen LogP contribution in [-0.2, 0) is 9.31 Å². The summed E-state index contributed by atoms with van der Waals surface area (Å²) in [6.07, 6.45) is 0. The maximum Gasteiger partial charge on any atom is 0.515 e. The first kappa shape index (κ1) is 14.8. The molecule has 0 bridgehead atoms. The molecule has 1 aromatic rings. The molecule has 106 valence electrons. The van der Waals surface area contributed by atoms with Gasteiger partial charge in [-0.15, -0.1) is 0 Å². The van der Waals surface area contributed by atoms with Crippen molar-refractivity contribution >= 4 is 24.0 Å². The zero-order valence-corrected chi connectivity index (χ0v) is 13.6. The Labute approximate surface area is 119 Å². The van der Waals surface area contributed by atoms with E-state index in [4.69, 9.17) is 14.0 Å². The lowest BCUT2D eigenvalue weighted by Crippen LogP contribution is -2.41. The summed E-state index contributed by atoms with van der Waals surface area (Å²) in [7, 11) is -0.418. The summed E-state index contributed by atoms with van der Waals surface area (Å²) in [5.74, 6) is 0. The van der Waals surface area contributed by atoms with Gasteiger partial charge in [0.25, 0.3) is 5.19 Å². The molecule has 1 saturated heterocycles. The number of rotatable bonds is 2. The normalized spacial score (nSPS) is 21.7. The van der Waals surface area contributed by atoms with Gasteiger partial charge in [0.05, 0.1) is 16.8 Å². The fourth-order valence-corrected chi connectivity index (χ4v) is 2.49. The molecule has 0 amide bonds. The highest BCUT2D eigenvalue weighted by Crippen LogP contribution is 2.36. The van der Waals surface area contributed by atoms with Gasteiger partial charge in [-0.05, 0) is 48.5 Å². The molecule has 1 aromatic heterocycles. The predicted octanol–water partition coefficient (Wildman–Crippen LogP) is 2.62. The molecule has 1 aliphatic rings. The molecule has 19 heavy (non-hydrogen) atoms. The van der Waals surface area contributed by atoms with Crippen LogP contribution in [0.4, 0.5) is 0 Å². The Morgan fingerprint density at radius 1 is 1.16 bits per heavy atom. The molecule has 0 aromatic carbocycles. The second kappa shape index (κ2) is 4.47. The first-order chi connectivity index (χ1) is 8.50. The van der Waals surface area contributed by atoms with Gasteiger partial charge in [0.15, 0.2) is 0 Å². The molecule has 0 N–H and O–H groups in total. The van der Waals surface area contributed by atoms with E-state index in [9.17, 15) is 0 Å². The first-order valence-electron chi connectivity index (χ1n) is 6.50. The monoisotopic (exact) mass is 283 g/mol. The smallest absolute Gasteiger partial charge is 0.464 e. The number of aromatic nitrogens is 1. The van der Waals surface area contributed by atoms with Crippen molar-refractivity contribution in [2.24, 2.45) is 0 Å². The van der Waals surface area contributed by atoms with Crippen LogP contribution in [0, 0.1) is 0 Å². The van der Waals surface area contributed by atoms with Crippen molar-refractivity contribution in [3.05, 3.63) is 5.38 Å². The Hall–Kier alpha value is -0.585. The second-order valence-electron chi connectivity index (χ2n) is 6.84. The van der Waals surface area contributed by atoms with Gasteiger partial charge < -0.3 is 14.0 Å². The Bertz CT molecular complexity index is 449. The van der Waals surface area contributed by atoms with Crippen LogP contribution in [-0.4, -0.2) is 28.9 Å². The standard InChI is InChI=1S/C13H22BNO3S/c1-11(2,3)16-10-15-9(8-19-10)14-17-12(4,5)13(6,7)18-14/h8H,1-7H3. The van der Waals surface area contributed by atoms with E-state index in [0.29, 0.717) is 5.19 Å². The molecule has 4 nitrogen and oxygen atoms in total. The highest BCUT2D eigenvalue weighted by molar-refractivity contribution is 7.12. The molecule has 2 rings (SSSR count). The van der Waals surface area contributed by atoms with Crippen molar-refractivity contribution in [1.82, 2.24) is 4.98 Å². The Morgan fingerprint density at radius 2 is 1.68 bits per heavy atom. The fourth-order valence-electron chi connectivity index (χ4n) is 1.65. The molecule has 0 atom stereocenters. The van der Waals surface area contributed by atoms with Gasteiger partial charge in [-0.1, -0.05) is 11.3 Å². The SMILES string of the molecule is CC(C)(C)Oc1nc(B2OC(C)(C)C(C)(C)O2)cs1. The van der Waals surface area contributed by atoms with Gasteiger partial charge >= 0.3 is 7.12 Å². The number of hydrogen-bond acceptors (Lipinski definition) is 5. The molecule has 0 saturated carbocycles. The van der Waals surface area contributed by atoms with Gasteiger partial charge in [-0.3, -0.25) is 0 Å². The molecule has 0 spiro atoms. The van der Waals surface area contributed by atoms with E-state index in [1.165, 1.54) is 11.3 Å². The topological polar surface area (TPSA) is 40.6 Å². The zero-order valence-electron chi connectivity index (χ0n) is 12.7. The molecule has 0 unspecified atom stereocenters. The summed E-state index contributed by atoms with van der Waals surface area (Å²) in [4.78, 5) is 4.46. The summed E-state index contributed by atoms with van der Waals surface area (Å²) in [5.41, 5.74) is -0.146. The largest absolute Gasteiger partial charge is 0.515 e. The van der Waals surface area contributed by atoms with Crippen molar-refractivity contribution in [3.63, 3.8) is 0 Å². The lowest BCUT2D eigenvalue weighted by molar-refractivity contribution is 0.00578. The van der Waals surface area contributed by atoms with Gasteiger partial charge in [0.2, 0.25) is 0 Å². The summed E-state index contributed by atoms with van der Waals surface area (Å²) in [5, 5.41) is 2.58. The number of thiazole rings is 1. The van der Waals surface area contributed by atoms with Gasteiger partial charge in [0.1, 0.15) is 5.60 Å². The van der Waals surface area contributed by atoms with E-state index >= 15 is 0 Å². The van der Waals surface area contributed by atoms with Crippen LogP contribution in [0.5, 0.6) is 5.19 Å². The van der Waals surface area contributed by atoms with Crippen LogP contribution in [0.25, 0.3) is 0 Å². The fraction of sp³-hybridized carbons (Fsp3) is 0.769. The summed E-state index contributed by atoms with van der Waals surface area (Å²) >= 11 is 1.47. The van der Waals surface area contributed by atoms with Crippen molar-refractivity contribution in [1.29, 1.82) is 0 Å². The van der Waals surface area contributed by atoms with Crippen LogP contribution in [0.3, 0.4) is 0 Å². The molecule has 1 fully saturated rings. The number of ether oxygens (including phenoxy) is 1. The maximum absolute atomic E-state index is 5.96. The van der Waals surface area contributed by atoms with Crippen LogP contribution in [0.1, 0.15) is 48.5 Å². The van der Waals surface area contributed by atoms with E-state index in [-0.39, 0.29) is 16.8 Å². The van der Waals surface area contributed by atoms with E-state index in [0.717, 1.165) is 5.59 Å². The minimum atomic E-state index is -0.418. The first-order valence-corrected chi connectivity index (χ1v) is 7.38. The summed E-state index contributed by atoms with van der Waals surface area (Å²) in [6, 6.07) is 0. The maximum atomic E-state index is 5.96.